The molecule has 2 rings (SSSR count). The minimum absolute atomic E-state index is 0.240. The first kappa shape index (κ1) is 9.92. The predicted molar refractivity (Wildman–Crippen MR) is 55.5 cm³/mol. The third-order valence-electron chi connectivity index (χ3n) is 2.07. The topological polar surface area (TPSA) is 56.7 Å². The zero-order valence-electron chi connectivity index (χ0n) is 7.91. The molecule has 0 aliphatic rings. The van der Waals surface area contributed by atoms with Crippen LogP contribution in [-0.4, -0.2) is 15.0 Å². The molecule has 15 heavy (non-hydrogen) atoms. The number of nitrogen functional groups attached to an aromatic ring is 1. The van der Waals surface area contributed by atoms with Crippen LogP contribution < -0.4 is 5.73 Å². The number of halogens is 2. The SMILES string of the molecule is Cc1c(N)nnn1-c1cc(Cl)ccc1F. The van der Waals surface area contributed by atoms with Crippen molar-refractivity contribution in [2.75, 3.05) is 5.73 Å². The van der Waals surface area contributed by atoms with Gasteiger partial charge >= 0.3 is 0 Å². The van der Waals surface area contributed by atoms with Crippen LogP contribution in [0, 0.1) is 12.7 Å². The zero-order chi connectivity index (χ0) is 11.0. The standard InChI is InChI=1S/C9H8ClFN4/c1-5-9(12)13-14-15(5)8-4-6(10)2-3-7(8)11/h2-4H,12H2,1H3. The van der Waals surface area contributed by atoms with E-state index in [-0.39, 0.29) is 11.5 Å². The van der Waals surface area contributed by atoms with E-state index in [1.807, 2.05) is 0 Å². The molecule has 78 valence electrons. The van der Waals surface area contributed by atoms with E-state index < -0.39 is 5.82 Å². The summed E-state index contributed by atoms with van der Waals surface area (Å²) in [5.41, 5.74) is 6.34. The number of nitrogens with zero attached hydrogens (tertiary/aromatic N) is 3. The fourth-order valence-electron chi connectivity index (χ4n) is 1.22. The van der Waals surface area contributed by atoms with Crippen LogP contribution >= 0.6 is 11.6 Å². The van der Waals surface area contributed by atoms with Gasteiger partial charge in [-0.3, -0.25) is 0 Å². The lowest BCUT2D eigenvalue weighted by Crippen LogP contribution is -2.02. The van der Waals surface area contributed by atoms with Crippen molar-refractivity contribution in [1.29, 1.82) is 0 Å². The molecule has 0 atom stereocenters. The summed E-state index contributed by atoms with van der Waals surface area (Å²) in [4.78, 5) is 0. The maximum atomic E-state index is 13.5. The molecule has 1 aromatic heterocycles. The minimum atomic E-state index is -0.424. The van der Waals surface area contributed by atoms with Crippen molar-refractivity contribution in [3.63, 3.8) is 0 Å². The Kier molecular flexibility index (Phi) is 2.32. The highest BCUT2D eigenvalue weighted by atomic mass is 35.5. The van der Waals surface area contributed by atoms with Crippen molar-refractivity contribution in [3.05, 3.63) is 34.7 Å². The molecule has 4 nitrogen and oxygen atoms in total. The highest BCUT2D eigenvalue weighted by Gasteiger charge is 2.11. The quantitative estimate of drug-likeness (QED) is 0.809. The molecule has 1 heterocycles. The summed E-state index contributed by atoms with van der Waals surface area (Å²) >= 11 is 5.77. The number of aromatic nitrogens is 3. The van der Waals surface area contributed by atoms with E-state index in [9.17, 15) is 4.39 Å². The Labute approximate surface area is 90.5 Å². The van der Waals surface area contributed by atoms with Gasteiger partial charge in [-0.2, -0.15) is 0 Å². The lowest BCUT2D eigenvalue weighted by atomic mass is 10.3. The van der Waals surface area contributed by atoms with Gasteiger partial charge < -0.3 is 5.73 Å². The Morgan fingerprint density at radius 2 is 2.20 bits per heavy atom. The molecule has 2 aromatic rings. The van der Waals surface area contributed by atoms with Crippen LogP contribution in [0.3, 0.4) is 0 Å². The van der Waals surface area contributed by atoms with Gasteiger partial charge in [0.05, 0.1) is 5.69 Å². The second-order valence-corrected chi connectivity index (χ2v) is 3.50. The molecule has 0 aliphatic heterocycles. The fourth-order valence-corrected chi connectivity index (χ4v) is 1.38. The minimum Gasteiger partial charge on any atom is -0.381 e. The van der Waals surface area contributed by atoms with Gasteiger partial charge in [0.25, 0.3) is 0 Å². The van der Waals surface area contributed by atoms with E-state index in [0.29, 0.717) is 10.7 Å². The molecule has 6 heteroatoms. The van der Waals surface area contributed by atoms with Crippen LogP contribution in [0.15, 0.2) is 18.2 Å². The van der Waals surface area contributed by atoms with Crippen molar-refractivity contribution >= 4 is 17.4 Å². The second-order valence-electron chi connectivity index (χ2n) is 3.07. The van der Waals surface area contributed by atoms with Crippen molar-refractivity contribution in [1.82, 2.24) is 15.0 Å². The molecule has 0 radical (unpaired) electrons. The van der Waals surface area contributed by atoms with Crippen molar-refractivity contribution in [2.45, 2.75) is 6.92 Å². The van der Waals surface area contributed by atoms with Crippen LogP contribution in [0.25, 0.3) is 5.69 Å². The van der Waals surface area contributed by atoms with Gasteiger partial charge in [-0.15, -0.1) is 5.10 Å². The Bertz CT molecular complexity index is 509. The Hall–Kier alpha value is -1.62. The molecule has 0 unspecified atom stereocenters. The first-order chi connectivity index (χ1) is 7.09. The number of nitrogens with two attached hydrogens (primary N) is 1. The highest BCUT2D eigenvalue weighted by molar-refractivity contribution is 6.30. The summed E-state index contributed by atoms with van der Waals surface area (Å²) in [5, 5.41) is 7.81. The summed E-state index contributed by atoms with van der Waals surface area (Å²) in [7, 11) is 0. The van der Waals surface area contributed by atoms with Crippen molar-refractivity contribution in [3.8, 4) is 5.69 Å². The second kappa shape index (κ2) is 3.51. The Morgan fingerprint density at radius 3 is 2.80 bits per heavy atom. The predicted octanol–water partition coefficient (Wildman–Crippen LogP) is 1.95. The number of rotatable bonds is 1. The van der Waals surface area contributed by atoms with Gasteiger partial charge in [-0.1, -0.05) is 16.8 Å². The average Bonchev–Trinajstić information content (AvgIpc) is 2.52. The molecule has 1 aromatic carbocycles. The van der Waals surface area contributed by atoms with E-state index in [1.54, 1.807) is 6.92 Å². The molecule has 2 N–H and O–H groups in total. The van der Waals surface area contributed by atoms with E-state index in [2.05, 4.69) is 10.3 Å². The average molecular weight is 227 g/mol. The van der Waals surface area contributed by atoms with Crippen LogP contribution in [0.2, 0.25) is 5.02 Å². The number of benzene rings is 1. The summed E-state index contributed by atoms with van der Waals surface area (Å²) in [6.07, 6.45) is 0. The van der Waals surface area contributed by atoms with Gasteiger partial charge in [0.2, 0.25) is 0 Å². The lowest BCUT2D eigenvalue weighted by Gasteiger charge is -2.04. The van der Waals surface area contributed by atoms with Gasteiger partial charge in [-0.25, -0.2) is 9.07 Å². The maximum Gasteiger partial charge on any atom is 0.169 e. The van der Waals surface area contributed by atoms with Crippen LogP contribution in [0.1, 0.15) is 5.69 Å². The molecular formula is C9H8ClFN4. The van der Waals surface area contributed by atoms with Crippen LogP contribution in [0.4, 0.5) is 10.2 Å². The third-order valence-corrected chi connectivity index (χ3v) is 2.30. The smallest absolute Gasteiger partial charge is 0.169 e. The number of anilines is 1. The zero-order valence-corrected chi connectivity index (χ0v) is 8.66. The molecule has 0 saturated carbocycles. The van der Waals surface area contributed by atoms with Gasteiger partial charge in [0.15, 0.2) is 5.82 Å². The molecular weight excluding hydrogens is 219 g/mol. The number of hydrogen-bond acceptors (Lipinski definition) is 3. The van der Waals surface area contributed by atoms with Gasteiger partial charge in [-0.05, 0) is 25.1 Å². The fraction of sp³-hybridized carbons (Fsp3) is 0.111. The molecule has 0 fully saturated rings. The molecule has 0 amide bonds. The summed E-state index contributed by atoms with van der Waals surface area (Å²) in [5.74, 6) is -0.151. The third kappa shape index (κ3) is 1.66. The van der Waals surface area contributed by atoms with Gasteiger partial charge in [0.1, 0.15) is 11.5 Å². The summed E-state index contributed by atoms with van der Waals surface area (Å²) < 4.78 is 14.8. The van der Waals surface area contributed by atoms with Gasteiger partial charge in [0, 0.05) is 5.02 Å². The largest absolute Gasteiger partial charge is 0.381 e. The highest BCUT2D eigenvalue weighted by Crippen LogP contribution is 2.20. The molecule has 0 bridgehead atoms. The first-order valence-corrected chi connectivity index (χ1v) is 4.60. The van der Waals surface area contributed by atoms with Crippen LogP contribution in [-0.2, 0) is 0 Å². The van der Waals surface area contributed by atoms with E-state index in [0.717, 1.165) is 0 Å². The number of hydrogen-bond donors (Lipinski definition) is 1. The molecule has 0 saturated heterocycles. The Morgan fingerprint density at radius 1 is 1.47 bits per heavy atom. The maximum absolute atomic E-state index is 13.5. The van der Waals surface area contributed by atoms with Crippen LogP contribution in [0.5, 0.6) is 0 Å². The van der Waals surface area contributed by atoms with Crippen molar-refractivity contribution < 1.29 is 4.39 Å². The molecule has 0 aliphatic carbocycles. The summed E-state index contributed by atoms with van der Waals surface area (Å²) in [6, 6.07) is 4.21. The summed E-state index contributed by atoms with van der Waals surface area (Å²) in [6.45, 7) is 1.70. The Balaban J connectivity index is 2.63. The van der Waals surface area contributed by atoms with E-state index in [4.69, 9.17) is 17.3 Å². The first-order valence-electron chi connectivity index (χ1n) is 4.23. The van der Waals surface area contributed by atoms with E-state index >= 15 is 0 Å². The van der Waals surface area contributed by atoms with Crippen molar-refractivity contribution in [2.24, 2.45) is 0 Å². The monoisotopic (exact) mass is 226 g/mol. The van der Waals surface area contributed by atoms with E-state index in [1.165, 1.54) is 22.9 Å². The normalized spacial score (nSPS) is 10.6. The lowest BCUT2D eigenvalue weighted by molar-refractivity contribution is 0.604. The molecule has 0 spiro atoms.